The van der Waals surface area contributed by atoms with E-state index in [4.69, 9.17) is 10.7 Å². The fourth-order valence-corrected chi connectivity index (χ4v) is 2.92. The third-order valence-corrected chi connectivity index (χ3v) is 4.08. The average Bonchev–Trinajstić information content (AvgIpc) is 2.47. The standard InChI is InChI=1S/C17H21N3/c1-12-3-2-4-13(7-12)9-17-19-11-15-8-14(10-18)5-6-16(15)20-17/h2-4,7,11,14H,5-6,8-10,18H2,1H3. The Morgan fingerprint density at radius 2 is 2.25 bits per heavy atom. The van der Waals surface area contributed by atoms with Crippen LogP contribution in [0, 0.1) is 12.8 Å². The number of aryl methyl sites for hydroxylation is 2. The lowest BCUT2D eigenvalue weighted by atomic mass is 9.87. The third-order valence-electron chi connectivity index (χ3n) is 4.08. The fourth-order valence-electron chi connectivity index (χ4n) is 2.92. The van der Waals surface area contributed by atoms with Crippen LogP contribution >= 0.6 is 0 Å². The minimum Gasteiger partial charge on any atom is -0.330 e. The van der Waals surface area contributed by atoms with Crippen molar-refractivity contribution in [2.24, 2.45) is 11.7 Å². The summed E-state index contributed by atoms with van der Waals surface area (Å²) in [5.74, 6) is 1.54. The van der Waals surface area contributed by atoms with Crippen LogP contribution in [0.4, 0.5) is 0 Å². The molecular weight excluding hydrogens is 246 g/mol. The number of hydrogen-bond acceptors (Lipinski definition) is 3. The molecule has 0 radical (unpaired) electrons. The molecule has 1 aromatic carbocycles. The SMILES string of the molecule is Cc1cccc(Cc2ncc3c(n2)CCC(CN)C3)c1. The number of rotatable bonds is 3. The van der Waals surface area contributed by atoms with Crippen LogP contribution in [0.5, 0.6) is 0 Å². The zero-order valence-corrected chi connectivity index (χ0v) is 12.0. The van der Waals surface area contributed by atoms with Crippen molar-refractivity contribution in [3.63, 3.8) is 0 Å². The highest BCUT2D eigenvalue weighted by Crippen LogP contribution is 2.23. The van der Waals surface area contributed by atoms with Crippen molar-refractivity contribution in [1.82, 2.24) is 9.97 Å². The monoisotopic (exact) mass is 267 g/mol. The molecule has 0 bridgehead atoms. The van der Waals surface area contributed by atoms with E-state index in [0.29, 0.717) is 5.92 Å². The van der Waals surface area contributed by atoms with E-state index in [0.717, 1.165) is 38.1 Å². The van der Waals surface area contributed by atoms with Gasteiger partial charge in [-0.2, -0.15) is 0 Å². The summed E-state index contributed by atoms with van der Waals surface area (Å²) < 4.78 is 0. The van der Waals surface area contributed by atoms with Crippen LogP contribution in [0.2, 0.25) is 0 Å². The van der Waals surface area contributed by atoms with Gasteiger partial charge in [-0.3, -0.25) is 0 Å². The Morgan fingerprint density at radius 1 is 1.35 bits per heavy atom. The number of fused-ring (bicyclic) bond motifs is 1. The molecule has 1 aliphatic carbocycles. The Labute approximate surface area is 120 Å². The van der Waals surface area contributed by atoms with Gasteiger partial charge in [0.25, 0.3) is 0 Å². The van der Waals surface area contributed by atoms with Crippen LogP contribution in [-0.2, 0) is 19.3 Å². The minimum absolute atomic E-state index is 0.605. The Kier molecular flexibility index (Phi) is 3.79. The Hall–Kier alpha value is -1.74. The molecule has 3 nitrogen and oxygen atoms in total. The smallest absolute Gasteiger partial charge is 0.132 e. The summed E-state index contributed by atoms with van der Waals surface area (Å²) in [5, 5.41) is 0. The van der Waals surface area contributed by atoms with Crippen molar-refractivity contribution in [2.45, 2.75) is 32.6 Å². The molecule has 0 spiro atoms. The zero-order chi connectivity index (χ0) is 13.9. The first-order valence-electron chi connectivity index (χ1n) is 7.34. The van der Waals surface area contributed by atoms with Crippen molar-refractivity contribution in [3.8, 4) is 0 Å². The van der Waals surface area contributed by atoms with E-state index < -0.39 is 0 Å². The number of benzene rings is 1. The summed E-state index contributed by atoms with van der Waals surface area (Å²) in [4.78, 5) is 9.29. The topological polar surface area (TPSA) is 51.8 Å². The van der Waals surface area contributed by atoms with Gasteiger partial charge in [0, 0.05) is 18.3 Å². The van der Waals surface area contributed by atoms with Gasteiger partial charge in [-0.15, -0.1) is 0 Å². The summed E-state index contributed by atoms with van der Waals surface area (Å²) >= 11 is 0. The lowest BCUT2D eigenvalue weighted by molar-refractivity contribution is 0.460. The summed E-state index contributed by atoms with van der Waals surface area (Å²) in [5.41, 5.74) is 10.8. The Morgan fingerprint density at radius 3 is 3.05 bits per heavy atom. The molecule has 0 amide bonds. The van der Waals surface area contributed by atoms with Gasteiger partial charge in [-0.25, -0.2) is 9.97 Å². The van der Waals surface area contributed by atoms with Crippen LogP contribution in [0.25, 0.3) is 0 Å². The van der Waals surface area contributed by atoms with E-state index in [-0.39, 0.29) is 0 Å². The molecule has 1 heterocycles. The minimum atomic E-state index is 0.605. The fraction of sp³-hybridized carbons (Fsp3) is 0.412. The highest BCUT2D eigenvalue weighted by Gasteiger charge is 2.19. The quantitative estimate of drug-likeness (QED) is 0.929. The molecule has 2 N–H and O–H groups in total. The van der Waals surface area contributed by atoms with Crippen LogP contribution in [0.15, 0.2) is 30.5 Å². The lowest BCUT2D eigenvalue weighted by Crippen LogP contribution is -2.23. The van der Waals surface area contributed by atoms with Crippen molar-refractivity contribution in [2.75, 3.05) is 6.54 Å². The first-order valence-corrected chi connectivity index (χ1v) is 7.34. The van der Waals surface area contributed by atoms with E-state index in [1.165, 1.54) is 22.4 Å². The number of hydrogen-bond donors (Lipinski definition) is 1. The normalized spacial score (nSPS) is 17.8. The molecule has 2 aromatic rings. The van der Waals surface area contributed by atoms with E-state index in [1.807, 2.05) is 6.20 Å². The van der Waals surface area contributed by atoms with Crippen molar-refractivity contribution in [1.29, 1.82) is 0 Å². The molecule has 0 saturated carbocycles. The Balaban J connectivity index is 1.79. The number of aromatic nitrogens is 2. The molecule has 20 heavy (non-hydrogen) atoms. The molecule has 0 saturated heterocycles. The van der Waals surface area contributed by atoms with Gasteiger partial charge < -0.3 is 5.73 Å². The summed E-state index contributed by atoms with van der Waals surface area (Å²) in [6.07, 6.45) is 6.06. The highest BCUT2D eigenvalue weighted by molar-refractivity contribution is 5.27. The maximum Gasteiger partial charge on any atom is 0.132 e. The summed E-state index contributed by atoms with van der Waals surface area (Å²) in [6.45, 7) is 2.88. The molecule has 1 atom stereocenters. The van der Waals surface area contributed by atoms with Crippen LogP contribution < -0.4 is 5.73 Å². The molecule has 3 heteroatoms. The predicted molar refractivity (Wildman–Crippen MR) is 80.6 cm³/mol. The van der Waals surface area contributed by atoms with E-state index in [9.17, 15) is 0 Å². The number of nitrogens with zero attached hydrogens (tertiary/aromatic N) is 2. The number of nitrogens with two attached hydrogens (primary N) is 1. The van der Waals surface area contributed by atoms with Crippen LogP contribution in [0.1, 0.15) is 34.6 Å². The van der Waals surface area contributed by atoms with Gasteiger partial charge in [0.05, 0.1) is 0 Å². The predicted octanol–water partition coefficient (Wildman–Crippen LogP) is 2.44. The van der Waals surface area contributed by atoms with E-state index >= 15 is 0 Å². The van der Waals surface area contributed by atoms with Gasteiger partial charge >= 0.3 is 0 Å². The maximum absolute atomic E-state index is 5.77. The summed E-state index contributed by atoms with van der Waals surface area (Å²) in [6, 6.07) is 8.55. The maximum atomic E-state index is 5.77. The second-order valence-electron chi connectivity index (χ2n) is 5.77. The second-order valence-corrected chi connectivity index (χ2v) is 5.77. The average molecular weight is 267 g/mol. The molecule has 104 valence electrons. The Bertz CT molecular complexity index is 607. The molecular formula is C17H21N3. The van der Waals surface area contributed by atoms with Crippen molar-refractivity contribution < 1.29 is 0 Å². The zero-order valence-electron chi connectivity index (χ0n) is 12.0. The lowest BCUT2D eigenvalue weighted by Gasteiger charge is -2.22. The first-order chi connectivity index (χ1) is 9.74. The highest BCUT2D eigenvalue weighted by atomic mass is 14.9. The van der Waals surface area contributed by atoms with Gasteiger partial charge in [-0.05, 0) is 49.8 Å². The molecule has 0 aliphatic heterocycles. The molecule has 1 unspecified atom stereocenters. The van der Waals surface area contributed by atoms with Gasteiger partial charge in [0.15, 0.2) is 0 Å². The van der Waals surface area contributed by atoms with Gasteiger partial charge in [0.1, 0.15) is 5.82 Å². The molecule has 3 rings (SSSR count). The van der Waals surface area contributed by atoms with Crippen LogP contribution in [-0.4, -0.2) is 16.5 Å². The van der Waals surface area contributed by atoms with Gasteiger partial charge in [-0.1, -0.05) is 29.8 Å². The molecule has 1 aromatic heterocycles. The van der Waals surface area contributed by atoms with E-state index in [1.54, 1.807) is 0 Å². The van der Waals surface area contributed by atoms with Crippen molar-refractivity contribution >= 4 is 0 Å². The van der Waals surface area contributed by atoms with E-state index in [2.05, 4.69) is 36.2 Å². The second kappa shape index (κ2) is 5.71. The largest absolute Gasteiger partial charge is 0.330 e. The van der Waals surface area contributed by atoms with Crippen molar-refractivity contribution in [3.05, 3.63) is 58.7 Å². The summed E-state index contributed by atoms with van der Waals surface area (Å²) in [7, 11) is 0. The van der Waals surface area contributed by atoms with Crippen LogP contribution in [0.3, 0.4) is 0 Å². The van der Waals surface area contributed by atoms with Gasteiger partial charge in [0.2, 0.25) is 0 Å². The first kappa shape index (κ1) is 13.3. The molecule has 1 aliphatic rings. The third kappa shape index (κ3) is 2.88. The molecule has 0 fully saturated rings.